The molecule has 3 nitrogen and oxygen atoms in total. The molecule has 0 radical (unpaired) electrons. The van der Waals surface area contributed by atoms with Gasteiger partial charge in [0.1, 0.15) is 11.5 Å². The molecule has 0 N–H and O–H groups in total. The largest absolute Gasteiger partial charge is 0.458 e. The van der Waals surface area contributed by atoms with Crippen molar-refractivity contribution in [1.29, 1.82) is 0 Å². The van der Waals surface area contributed by atoms with Crippen LogP contribution < -0.4 is 0 Å². The minimum Gasteiger partial charge on any atom is -0.458 e. The minimum absolute atomic E-state index is 0.151. The summed E-state index contributed by atoms with van der Waals surface area (Å²) < 4.78 is 5.22. The number of aromatic nitrogens is 1. The number of aryl methyl sites for hydroxylation is 2. The fourth-order valence-electron chi connectivity index (χ4n) is 1.15. The van der Waals surface area contributed by atoms with Gasteiger partial charge in [-0.1, -0.05) is 0 Å². The Balaban J connectivity index is 2.33. The van der Waals surface area contributed by atoms with Crippen LogP contribution in [0.3, 0.4) is 0 Å². The molecule has 4 heteroatoms. The summed E-state index contributed by atoms with van der Waals surface area (Å²) in [5.41, 5.74) is 0.460. The molecule has 0 amide bonds. The molecule has 0 aliphatic rings. The normalized spacial score (nSPS) is 10.4. The minimum atomic E-state index is -0.151. The number of rotatable bonds is 2. The van der Waals surface area contributed by atoms with E-state index in [2.05, 4.69) is 4.98 Å². The molecule has 2 rings (SSSR count). The molecule has 0 aliphatic carbocycles. The Morgan fingerprint density at radius 3 is 2.71 bits per heavy atom. The number of thiazole rings is 1. The third-order valence-corrected chi connectivity index (χ3v) is 2.59. The lowest BCUT2D eigenvalue weighted by Crippen LogP contribution is -1.99. The van der Waals surface area contributed by atoms with Crippen LogP contribution in [0.4, 0.5) is 0 Å². The summed E-state index contributed by atoms with van der Waals surface area (Å²) in [5.74, 6) is 0.940. The van der Waals surface area contributed by atoms with Crippen LogP contribution in [0.25, 0.3) is 0 Å². The highest BCUT2D eigenvalue weighted by Gasteiger charge is 2.15. The Morgan fingerprint density at radius 1 is 1.43 bits per heavy atom. The smallest absolute Gasteiger partial charge is 0.247 e. The summed E-state index contributed by atoms with van der Waals surface area (Å²) >= 11 is 1.46. The van der Waals surface area contributed by atoms with Crippen molar-refractivity contribution < 1.29 is 9.21 Å². The molecule has 0 atom stereocenters. The molecule has 2 aromatic rings. The zero-order chi connectivity index (χ0) is 10.1. The molecule has 2 heterocycles. The SMILES string of the molecule is Cc1ccc(C(=O)c2csc(C)n2)o1. The predicted octanol–water partition coefficient (Wildman–Crippen LogP) is 2.58. The summed E-state index contributed by atoms with van der Waals surface area (Å²) in [4.78, 5) is 15.8. The molecule has 0 bridgehead atoms. The summed E-state index contributed by atoms with van der Waals surface area (Å²) in [7, 11) is 0. The Labute approximate surface area is 85.4 Å². The molecule has 0 aromatic carbocycles. The van der Waals surface area contributed by atoms with Gasteiger partial charge in [-0.05, 0) is 26.0 Å². The number of carbonyl (C=O) groups excluding carboxylic acids is 1. The Hall–Kier alpha value is -1.42. The first-order valence-corrected chi connectivity index (χ1v) is 5.08. The monoisotopic (exact) mass is 207 g/mol. The van der Waals surface area contributed by atoms with Gasteiger partial charge in [0.25, 0.3) is 0 Å². The number of nitrogens with zero attached hydrogens (tertiary/aromatic N) is 1. The zero-order valence-corrected chi connectivity index (χ0v) is 8.72. The van der Waals surface area contributed by atoms with E-state index in [1.807, 2.05) is 13.8 Å². The van der Waals surface area contributed by atoms with Crippen molar-refractivity contribution in [3.63, 3.8) is 0 Å². The standard InChI is InChI=1S/C10H9NO2S/c1-6-3-4-9(13-6)10(12)8-5-14-7(2)11-8/h3-5H,1-2H3. The first-order chi connectivity index (χ1) is 6.66. The average molecular weight is 207 g/mol. The number of ketones is 1. The fraction of sp³-hybridized carbons (Fsp3) is 0.200. The Bertz CT molecular complexity index is 428. The van der Waals surface area contributed by atoms with Crippen molar-refractivity contribution in [1.82, 2.24) is 4.98 Å². The van der Waals surface area contributed by atoms with Crippen molar-refractivity contribution in [3.05, 3.63) is 39.7 Å². The molecule has 2 aromatic heterocycles. The van der Waals surface area contributed by atoms with Crippen LogP contribution in [0.15, 0.2) is 21.9 Å². The van der Waals surface area contributed by atoms with Crippen molar-refractivity contribution in [3.8, 4) is 0 Å². The maximum atomic E-state index is 11.7. The zero-order valence-electron chi connectivity index (χ0n) is 7.90. The molecule has 72 valence electrons. The summed E-state index contributed by atoms with van der Waals surface area (Å²) in [5, 5.41) is 2.63. The van der Waals surface area contributed by atoms with E-state index >= 15 is 0 Å². The summed E-state index contributed by atoms with van der Waals surface area (Å²) in [6.07, 6.45) is 0. The highest BCUT2D eigenvalue weighted by molar-refractivity contribution is 7.09. The molecule has 0 unspecified atom stereocenters. The lowest BCUT2D eigenvalue weighted by atomic mass is 10.2. The second-order valence-electron chi connectivity index (χ2n) is 2.99. The van der Waals surface area contributed by atoms with Crippen molar-refractivity contribution >= 4 is 17.1 Å². The van der Waals surface area contributed by atoms with Gasteiger partial charge in [-0.15, -0.1) is 11.3 Å². The van der Waals surface area contributed by atoms with Gasteiger partial charge in [-0.3, -0.25) is 4.79 Å². The molecule has 0 saturated heterocycles. The topological polar surface area (TPSA) is 43.1 Å². The molecular weight excluding hydrogens is 198 g/mol. The van der Waals surface area contributed by atoms with Gasteiger partial charge >= 0.3 is 0 Å². The molecule has 14 heavy (non-hydrogen) atoms. The third kappa shape index (κ3) is 1.61. The van der Waals surface area contributed by atoms with E-state index in [0.29, 0.717) is 11.5 Å². The van der Waals surface area contributed by atoms with Gasteiger partial charge in [0.15, 0.2) is 5.76 Å². The van der Waals surface area contributed by atoms with Crippen LogP contribution >= 0.6 is 11.3 Å². The van der Waals surface area contributed by atoms with Crippen LogP contribution in [0.2, 0.25) is 0 Å². The van der Waals surface area contributed by atoms with Gasteiger partial charge in [0, 0.05) is 5.38 Å². The lowest BCUT2D eigenvalue weighted by Gasteiger charge is -1.90. The highest BCUT2D eigenvalue weighted by atomic mass is 32.1. The lowest BCUT2D eigenvalue weighted by molar-refractivity contribution is 0.100. The van der Waals surface area contributed by atoms with Gasteiger partial charge in [0.05, 0.1) is 5.01 Å². The average Bonchev–Trinajstić information content (AvgIpc) is 2.73. The highest BCUT2D eigenvalue weighted by Crippen LogP contribution is 2.15. The maximum absolute atomic E-state index is 11.7. The number of carbonyl (C=O) groups is 1. The van der Waals surface area contributed by atoms with E-state index in [-0.39, 0.29) is 5.78 Å². The first kappa shape index (κ1) is 9.15. The summed E-state index contributed by atoms with van der Waals surface area (Å²) in [6.45, 7) is 3.68. The molecule has 0 fully saturated rings. The van der Waals surface area contributed by atoms with E-state index in [9.17, 15) is 4.79 Å². The Morgan fingerprint density at radius 2 is 2.21 bits per heavy atom. The second kappa shape index (κ2) is 3.38. The second-order valence-corrected chi connectivity index (χ2v) is 4.05. The molecule has 0 aliphatic heterocycles. The van der Waals surface area contributed by atoms with Crippen LogP contribution in [-0.2, 0) is 0 Å². The Kier molecular flexibility index (Phi) is 2.21. The van der Waals surface area contributed by atoms with Crippen molar-refractivity contribution in [2.45, 2.75) is 13.8 Å². The van der Waals surface area contributed by atoms with E-state index in [1.165, 1.54) is 11.3 Å². The summed E-state index contributed by atoms with van der Waals surface area (Å²) in [6, 6.07) is 3.44. The molecular formula is C10H9NO2S. The van der Waals surface area contributed by atoms with Gasteiger partial charge in [-0.2, -0.15) is 0 Å². The van der Waals surface area contributed by atoms with E-state index in [0.717, 1.165) is 10.8 Å². The molecule has 0 spiro atoms. The van der Waals surface area contributed by atoms with Gasteiger partial charge < -0.3 is 4.42 Å². The molecule has 0 saturated carbocycles. The fourth-order valence-corrected chi connectivity index (χ4v) is 1.74. The van der Waals surface area contributed by atoms with Crippen molar-refractivity contribution in [2.75, 3.05) is 0 Å². The van der Waals surface area contributed by atoms with E-state index in [1.54, 1.807) is 17.5 Å². The number of furan rings is 1. The van der Waals surface area contributed by atoms with E-state index < -0.39 is 0 Å². The predicted molar refractivity (Wildman–Crippen MR) is 53.7 cm³/mol. The number of hydrogen-bond acceptors (Lipinski definition) is 4. The third-order valence-electron chi connectivity index (χ3n) is 1.82. The quantitative estimate of drug-likeness (QED) is 0.711. The van der Waals surface area contributed by atoms with Crippen molar-refractivity contribution in [2.24, 2.45) is 0 Å². The van der Waals surface area contributed by atoms with Crippen LogP contribution in [-0.4, -0.2) is 10.8 Å². The first-order valence-electron chi connectivity index (χ1n) is 4.20. The van der Waals surface area contributed by atoms with Crippen LogP contribution in [0, 0.1) is 13.8 Å². The van der Waals surface area contributed by atoms with Crippen LogP contribution in [0.1, 0.15) is 27.0 Å². The van der Waals surface area contributed by atoms with E-state index in [4.69, 9.17) is 4.42 Å². The van der Waals surface area contributed by atoms with Gasteiger partial charge in [0.2, 0.25) is 5.78 Å². The number of hydrogen-bond donors (Lipinski definition) is 0. The van der Waals surface area contributed by atoms with Gasteiger partial charge in [-0.25, -0.2) is 4.98 Å². The van der Waals surface area contributed by atoms with Crippen LogP contribution in [0.5, 0.6) is 0 Å². The maximum Gasteiger partial charge on any atom is 0.247 e.